The molecular formula is C20H25N3O3S. The Morgan fingerprint density at radius 2 is 1.63 bits per heavy atom. The van der Waals surface area contributed by atoms with Gasteiger partial charge in [-0.1, -0.05) is 17.7 Å². The van der Waals surface area contributed by atoms with Crippen LogP contribution in [0.1, 0.15) is 18.4 Å². The first-order chi connectivity index (χ1) is 12.9. The monoisotopic (exact) mass is 387 g/mol. The Morgan fingerprint density at radius 1 is 1.04 bits per heavy atom. The summed E-state index contributed by atoms with van der Waals surface area (Å²) in [4.78, 5) is 14.8. The molecule has 1 fully saturated rings. The summed E-state index contributed by atoms with van der Waals surface area (Å²) in [7, 11) is -2.29. The highest BCUT2D eigenvalue weighted by molar-refractivity contribution is 7.89. The largest absolute Gasteiger partial charge is 0.372 e. The lowest BCUT2D eigenvalue weighted by atomic mass is 10.2. The van der Waals surface area contributed by atoms with Crippen LogP contribution in [0.4, 0.5) is 11.4 Å². The van der Waals surface area contributed by atoms with Gasteiger partial charge in [-0.05, 0) is 56.2 Å². The topological polar surface area (TPSA) is 69.7 Å². The molecule has 0 spiro atoms. The molecule has 0 unspecified atom stereocenters. The van der Waals surface area contributed by atoms with Crippen LogP contribution in [0.25, 0.3) is 0 Å². The summed E-state index contributed by atoms with van der Waals surface area (Å²) in [5.74, 6) is -0.373. The molecule has 3 rings (SSSR count). The highest BCUT2D eigenvalue weighted by Gasteiger charge is 2.23. The predicted octanol–water partition coefficient (Wildman–Crippen LogP) is 2.85. The van der Waals surface area contributed by atoms with E-state index in [1.54, 1.807) is 24.3 Å². The van der Waals surface area contributed by atoms with Crippen molar-refractivity contribution in [2.45, 2.75) is 24.7 Å². The zero-order valence-corrected chi connectivity index (χ0v) is 16.5. The Labute approximate surface area is 160 Å². The molecule has 7 heteroatoms. The van der Waals surface area contributed by atoms with E-state index in [2.05, 4.69) is 10.2 Å². The molecule has 1 aliphatic rings. The first-order valence-electron chi connectivity index (χ1n) is 9.04. The second-order valence-corrected chi connectivity index (χ2v) is 8.91. The molecule has 1 heterocycles. The standard InChI is InChI=1S/C20H25N3O3S/c1-16-5-11-19(12-6-16)27(25,26)22(2)15-20(24)21-17-7-9-18(10-8-17)23-13-3-4-14-23/h5-12H,3-4,13-15H2,1-2H3,(H,21,24). The number of rotatable bonds is 6. The molecule has 144 valence electrons. The first kappa shape index (κ1) is 19.4. The van der Waals surface area contributed by atoms with Crippen molar-refractivity contribution >= 4 is 27.3 Å². The van der Waals surface area contributed by atoms with Gasteiger partial charge in [0.25, 0.3) is 0 Å². The number of hydrogen-bond acceptors (Lipinski definition) is 4. The maximum Gasteiger partial charge on any atom is 0.243 e. The average Bonchev–Trinajstić information content (AvgIpc) is 3.17. The van der Waals surface area contributed by atoms with Gasteiger partial charge in [-0.15, -0.1) is 0 Å². The highest BCUT2D eigenvalue weighted by Crippen LogP contribution is 2.22. The molecule has 0 aromatic heterocycles. The Hall–Kier alpha value is -2.38. The van der Waals surface area contributed by atoms with Crippen molar-refractivity contribution in [2.75, 3.05) is 36.9 Å². The average molecular weight is 388 g/mol. The van der Waals surface area contributed by atoms with Gasteiger partial charge in [-0.2, -0.15) is 4.31 Å². The summed E-state index contributed by atoms with van der Waals surface area (Å²) in [6.07, 6.45) is 2.42. The minimum Gasteiger partial charge on any atom is -0.372 e. The summed E-state index contributed by atoms with van der Waals surface area (Å²) >= 11 is 0. The Bertz CT molecular complexity index is 887. The summed E-state index contributed by atoms with van der Waals surface area (Å²) in [5, 5.41) is 2.76. The highest BCUT2D eigenvalue weighted by atomic mass is 32.2. The molecule has 1 N–H and O–H groups in total. The van der Waals surface area contributed by atoms with Gasteiger partial charge in [-0.3, -0.25) is 4.79 Å². The van der Waals surface area contributed by atoms with E-state index >= 15 is 0 Å². The third-order valence-electron chi connectivity index (χ3n) is 4.72. The SMILES string of the molecule is Cc1ccc(S(=O)(=O)N(C)CC(=O)Nc2ccc(N3CCCC3)cc2)cc1. The first-order valence-corrected chi connectivity index (χ1v) is 10.5. The lowest BCUT2D eigenvalue weighted by Gasteiger charge is -2.19. The lowest BCUT2D eigenvalue weighted by molar-refractivity contribution is -0.116. The summed E-state index contributed by atoms with van der Waals surface area (Å²) in [5.41, 5.74) is 2.78. The molecular weight excluding hydrogens is 362 g/mol. The molecule has 6 nitrogen and oxygen atoms in total. The summed E-state index contributed by atoms with van der Waals surface area (Å²) in [6, 6.07) is 14.2. The molecule has 1 aliphatic heterocycles. The predicted molar refractivity (Wildman–Crippen MR) is 108 cm³/mol. The Balaban J connectivity index is 1.60. The van der Waals surface area contributed by atoms with Crippen molar-refractivity contribution in [1.29, 1.82) is 0 Å². The normalized spacial score (nSPS) is 14.6. The third kappa shape index (κ3) is 4.67. The Kier molecular flexibility index (Phi) is 5.82. The molecule has 0 atom stereocenters. The van der Waals surface area contributed by atoms with E-state index in [0.717, 1.165) is 28.6 Å². The fraction of sp³-hybridized carbons (Fsp3) is 0.350. The van der Waals surface area contributed by atoms with E-state index in [1.165, 1.54) is 19.9 Å². The summed E-state index contributed by atoms with van der Waals surface area (Å²) < 4.78 is 26.2. The quantitative estimate of drug-likeness (QED) is 0.827. The number of nitrogens with zero attached hydrogens (tertiary/aromatic N) is 2. The van der Waals surface area contributed by atoms with Crippen molar-refractivity contribution in [3.8, 4) is 0 Å². The van der Waals surface area contributed by atoms with Gasteiger partial charge in [0.1, 0.15) is 0 Å². The zero-order chi connectivity index (χ0) is 19.4. The van der Waals surface area contributed by atoms with Gasteiger partial charge in [0.05, 0.1) is 11.4 Å². The van der Waals surface area contributed by atoms with Crippen LogP contribution in [0.2, 0.25) is 0 Å². The molecule has 0 bridgehead atoms. The molecule has 0 aliphatic carbocycles. The fourth-order valence-corrected chi connectivity index (χ4v) is 4.24. The lowest BCUT2D eigenvalue weighted by Crippen LogP contribution is -2.34. The molecule has 1 amide bonds. The van der Waals surface area contributed by atoms with Gasteiger partial charge in [0.15, 0.2) is 0 Å². The molecule has 0 saturated carbocycles. The molecule has 0 radical (unpaired) electrons. The van der Waals surface area contributed by atoms with Gasteiger partial charge in [-0.25, -0.2) is 8.42 Å². The van der Waals surface area contributed by atoms with E-state index in [1.807, 2.05) is 31.2 Å². The van der Waals surface area contributed by atoms with E-state index in [-0.39, 0.29) is 17.3 Å². The number of likely N-dealkylation sites (N-methyl/N-ethyl adjacent to an activating group) is 1. The van der Waals surface area contributed by atoms with Crippen LogP contribution in [-0.4, -0.2) is 45.3 Å². The molecule has 2 aromatic rings. The van der Waals surface area contributed by atoms with Crippen molar-refractivity contribution in [3.63, 3.8) is 0 Å². The number of amides is 1. The molecule has 2 aromatic carbocycles. The Morgan fingerprint density at radius 3 is 2.22 bits per heavy atom. The van der Waals surface area contributed by atoms with E-state index in [9.17, 15) is 13.2 Å². The number of nitrogens with one attached hydrogen (secondary N) is 1. The fourth-order valence-electron chi connectivity index (χ4n) is 3.11. The van der Waals surface area contributed by atoms with E-state index in [4.69, 9.17) is 0 Å². The van der Waals surface area contributed by atoms with Crippen molar-refractivity contribution in [3.05, 3.63) is 54.1 Å². The van der Waals surface area contributed by atoms with Crippen molar-refractivity contribution < 1.29 is 13.2 Å². The maximum absolute atomic E-state index is 12.6. The van der Waals surface area contributed by atoms with Crippen LogP contribution in [0.15, 0.2) is 53.4 Å². The van der Waals surface area contributed by atoms with Crippen LogP contribution in [-0.2, 0) is 14.8 Å². The van der Waals surface area contributed by atoms with Crippen molar-refractivity contribution in [2.24, 2.45) is 0 Å². The number of sulfonamides is 1. The van der Waals surface area contributed by atoms with Crippen LogP contribution < -0.4 is 10.2 Å². The number of benzene rings is 2. The van der Waals surface area contributed by atoms with Gasteiger partial charge in [0.2, 0.25) is 15.9 Å². The third-order valence-corrected chi connectivity index (χ3v) is 6.54. The maximum atomic E-state index is 12.6. The van der Waals surface area contributed by atoms with E-state index < -0.39 is 10.0 Å². The van der Waals surface area contributed by atoms with Crippen LogP contribution in [0.5, 0.6) is 0 Å². The van der Waals surface area contributed by atoms with E-state index in [0.29, 0.717) is 5.69 Å². The van der Waals surface area contributed by atoms with Crippen molar-refractivity contribution in [1.82, 2.24) is 4.31 Å². The smallest absolute Gasteiger partial charge is 0.243 e. The summed E-state index contributed by atoms with van der Waals surface area (Å²) in [6.45, 7) is 3.77. The number of carbonyl (C=O) groups excluding carboxylic acids is 1. The second kappa shape index (κ2) is 8.10. The number of hydrogen-bond donors (Lipinski definition) is 1. The van der Waals surface area contributed by atoms with Gasteiger partial charge in [0, 0.05) is 31.5 Å². The van der Waals surface area contributed by atoms with Gasteiger partial charge < -0.3 is 10.2 Å². The zero-order valence-electron chi connectivity index (χ0n) is 15.7. The molecule has 27 heavy (non-hydrogen) atoms. The van der Waals surface area contributed by atoms with Crippen LogP contribution in [0.3, 0.4) is 0 Å². The van der Waals surface area contributed by atoms with Crippen LogP contribution >= 0.6 is 0 Å². The second-order valence-electron chi connectivity index (χ2n) is 6.86. The van der Waals surface area contributed by atoms with Gasteiger partial charge >= 0.3 is 0 Å². The number of carbonyl (C=O) groups is 1. The molecule has 1 saturated heterocycles. The number of aryl methyl sites for hydroxylation is 1. The minimum absolute atomic E-state index is 0.179. The number of anilines is 2. The van der Waals surface area contributed by atoms with Crippen LogP contribution in [0, 0.1) is 6.92 Å². The minimum atomic E-state index is -3.70.